The lowest BCUT2D eigenvalue weighted by molar-refractivity contribution is -0.137. The second-order valence-corrected chi connectivity index (χ2v) is 5.75. The van der Waals surface area contributed by atoms with Crippen molar-refractivity contribution in [2.75, 3.05) is 11.9 Å². The Hall–Kier alpha value is -3.16. The molecule has 2 aromatic carbocycles. The van der Waals surface area contributed by atoms with E-state index >= 15 is 0 Å². The lowest BCUT2D eigenvalue weighted by Gasteiger charge is -2.13. The number of benzene rings is 2. The minimum atomic E-state index is -4.61. The van der Waals surface area contributed by atoms with Crippen molar-refractivity contribution >= 4 is 22.6 Å². The van der Waals surface area contributed by atoms with Gasteiger partial charge in [-0.25, -0.2) is 4.79 Å². The summed E-state index contributed by atoms with van der Waals surface area (Å²) in [4.78, 5) is 14.3. The highest BCUT2D eigenvalue weighted by Gasteiger charge is 2.31. The smallest absolute Gasteiger partial charge is 0.416 e. The minimum Gasteiger partial charge on any atom is -0.507 e. The normalized spacial score (nSPS) is 11.7. The first-order valence-corrected chi connectivity index (χ1v) is 7.73. The van der Waals surface area contributed by atoms with E-state index in [4.69, 9.17) is 0 Å². The Bertz CT molecular complexity index is 964. The number of hydrogen-bond donors (Lipinski definition) is 4. The summed E-state index contributed by atoms with van der Waals surface area (Å²) in [6.45, 7) is 0.285. The topological polar surface area (TPSA) is 85.4 Å². The van der Waals surface area contributed by atoms with E-state index < -0.39 is 23.3 Å². The van der Waals surface area contributed by atoms with E-state index in [-0.39, 0.29) is 18.0 Å². The summed E-state index contributed by atoms with van der Waals surface area (Å²) in [5, 5.41) is 22.6. The van der Waals surface area contributed by atoms with Crippen molar-refractivity contribution in [1.29, 1.82) is 0 Å². The molecule has 0 saturated carbocycles. The number of aromatic nitrogens is 1. The Morgan fingerprint density at radius 3 is 2.65 bits per heavy atom. The number of nitrogens with one attached hydrogen (secondary N) is 2. The van der Waals surface area contributed by atoms with E-state index in [1.807, 2.05) is 6.07 Å². The van der Waals surface area contributed by atoms with Crippen molar-refractivity contribution in [3.63, 3.8) is 0 Å². The van der Waals surface area contributed by atoms with Crippen LogP contribution in [0.15, 0.2) is 42.6 Å². The molecule has 136 valence electrons. The number of phenolic OH excluding ortho intramolecular Hbond substituents is 1. The molecule has 26 heavy (non-hydrogen) atoms. The highest BCUT2D eigenvalue weighted by Crippen LogP contribution is 2.32. The average molecular weight is 364 g/mol. The number of alkyl halides is 3. The monoisotopic (exact) mass is 364 g/mol. The first-order chi connectivity index (χ1) is 12.3. The summed E-state index contributed by atoms with van der Waals surface area (Å²) in [5.74, 6) is -1.32. The summed E-state index contributed by atoms with van der Waals surface area (Å²) >= 11 is 0. The van der Waals surface area contributed by atoms with Gasteiger partial charge in [-0.2, -0.15) is 13.2 Å². The molecule has 0 aliphatic rings. The molecule has 3 aromatic rings. The zero-order valence-corrected chi connectivity index (χ0v) is 13.4. The molecule has 0 aliphatic carbocycles. The van der Waals surface area contributed by atoms with Crippen LogP contribution in [0, 0.1) is 0 Å². The summed E-state index contributed by atoms with van der Waals surface area (Å²) in [6, 6.07) is 7.64. The molecule has 0 atom stereocenters. The first kappa shape index (κ1) is 17.7. The lowest BCUT2D eigenvalue weighted by atomic mass is 10.1. The zero-order valence-electron chi connectivity index (χ0n) is 13.4. The molecule has 5 nitrogen and oxygen atoms in total. The Morgan fingerprint density at radius 1 is 1.19 bits per heavy atom. The number of hydrogen-bond acceptors (Lipinski definition) is 3. The first-order valence-electron chi connectivity index (χ1n) is 7.73. The number of carboxylic acid groups (broad SMARTS) is 1. The molecule has 1 heterocycles. The SMILES string of the molecule is O=C(O)c1cc(C(F)(F)F)ccc1NCCc1c[nH]c2cccc(O)c12. The van der Waals surface area contributed by atoms with Gasteiger partial charge in [-0.15, -0.1) is 0 Å². The van der Waals surface area contributed by atoms with Crippen molar-refractivity contribution in [1.82, 2.24) is 4.98 Å². The second-order valence-electron chi connectivity index (χ2n) is 5.75. The van der Waals surface area contributed by atoms with Crippen molar-refractivity contribution in [3.8, 4) is 5.75 Å². The number of carbonyl (C=O) groups is 1. The minimum absolute atomic E-state index is 0.106. The highest BCUT2D eigenvalue weighted by atomic mass is 19.4. The van der Waals surface area contributed by atoms with Crippen LogP contribution < -0.4 is 5.32 Å². The number of halogens is 3. The number of rotatable bonds is 5. The van der Waals surface area contributed by atoms with Crippen LogP contribution in [0.1, 0.15) is 21.5 Å². The van der Waals surface area contributed by atoms with Crippen LogP contribution >= 0.6 is 0 Å². The maximum absolute atomic E-state index is 12.7. The van der Waals surface area contributed by atoms with Crippen LogP contribution in [-0.4, -0.2) is 27.7 Å². The van der Waals surface area contributed by atoms with Crippen molar-refractivity contribution in [3.05, 3.63) is 59.3 Å². The van der Waals surface area contributed by atoms with Crippen molar-refractivity contribution in [2.24, 2.45) is 0 Å². The average Bonchev–Trinajstić information content (AvgIpc) is 2.98. The highest BCUT2D eigenvalue weighted by molar-refractivity contribution is 5.94. The number of anilines is 1. The lowest BCUT2D eigenvalue weighted by Crippen LogP contribution is -2.12. The van der Waals surface area contributed by atoms with Crippen molar-refractivity contribution in [2.45, 2.75) is 12.6 Å². The summed E-state index contributed by atoms with van der Waals surface area (Å²) in [7, 11) is 0. The van der Waals surface area contributed by atoms with Gasteiger partial charge >= 0.3 is 12.1 Å². The Morgan fingerprint density at radius 2 is 1.96 bits per heavy atom. The van der Waals surface area contributed by atoms with Gasteiger partial charge in [-0.1, -0.05) is 6.07 Å². The van der Waals surface area contributed by atoms with Gasteiger partial charge < -0.3 is 20.5 Å². The molecular weight excluding hydrogens is 349 g/mol. The number of phenols is 1. The van der Waals surface area contributed by atoms with E-state index in [2.05, 4.69) is 10.3 Å². The number of aromatic hydroxyl groups is 1. The van der Waals surface area contributed by atoms with Gasteiger partial charge in [0.15, 0.2) is 0 Å². The third-order valence-corrected chi connectivity index (χ3v) is 4.05. The second kappa shape index (κ2) is 6.62. The van der Waals surface area contributed by atoms with Crippen LogP contribution in [-0.2, 0) is 12.6 Å². The molecule has 4 N–H and O–H groups in total. The molecule has 3 rings (SSSR count). The van der Waals surface area contributed by atoms with Crippen LogP contribution in [0.2, 0.25) is 0 Å². The number of aromatic amines is 1. The summed E-state index contributed by atoms with van der Waals surface area (Å²) in [5.41, 5.74) is 0.230. The third kappa shape index (κ3) is 3.44. The fourth-order valence-electron chi connectivity index (χ4n) is 2.82. The number of carboxylic acids is 1. The molecule has 8 heteroatoms. The molecule has 0 unspecified atom stereocenters. The van der Waals surface area contributed by atoms with Crippen LogP contribution in [0.5, 0.6) is 5.75 Å². The molecule has 0 amide bonds. The van der Waals surface area contributed by atoms with Crippen molar-refractivity contribution < 1.29 is 28.2 Å². The molecular formula is C18H15F3N2O3. The molecule has 0 fully saturated rings. The maximum Gasteiger partial charge on any atom is 0.416 e. The summed E-state index contributed by atoms with van der Waals surface area (Å²) in [6.07, 6.45) is -2.43. The Labute approximate surface area is 146 Å². The van der Waals surface area contributed by atoms with E-state index in [0.717, 1.165) is 23.2 Å². The van der Waals surface area contributed by atoms with Gasteiger partial charge in [0.1, 0.15) is 5.75 Å². The largest absolute Gasteiger partial charge is 0.507 e. The number of H-pyrrole nitrogens is 1. The summed E-state index contributed by atoms with van der Waals surface area (Å²) < 4.78 is 38.2. The molecule has 0 spiro atoms. The molecule has 0 radical (unpaired) electrons. The fraction of sp³-hybridized carbons (Fsp3) is 0.167. The molecule has 0 bridgehead atoms. The fourth-order valence-corrected chi connectivity index (χ4v) is 2.82. The predicted octanol–water partition coefficient (Wildman–Crippen LogP) is 4.25. The Kier molecular flexibility index (Phi) is 4.50. The maximum atomic E-state index is 12.7. The van der Waals surface area contributed by atoms with Crippen LogP contribution in [0.3, 0.4) is 0 Å². The third-order valence-electron chi connectivity index (χ3n) is 4.05. The van der Waals surface area contributed by atoms with Crippen LogP contribution in [0.25, 0.3) is 10.9 Å². The molecule has 0 saturated heterocycles. The predicted molar refractivity (Wildman–Crippen MR) is 90.6 cm³/mol. The molecule has 1 aromatic heterocycles. The zero-order chi connectivity index (χ0) is 18.9. The van der Waals surface area contributed by atoms with Gasteiger partial charge in [0, 0.05) is 29.3 Å². The number of fused-ring (bicyclic) bond motifs is 1. The van der Waals surface area contributed by atoms with E-state index in [0.29, 0.717) is 17.9 Å². The van der Waals surface area contributed by atoms with E-state index in [9.17, 15) is 28.2 Å². The van der Waals surface area contributed by atoms with Crippen LogP contribution in [0.4, 0.5) is 18.9 Å². The van der Waals surface area contributed by atoms with Gasteiger partial charge in [0.05, 0.1) is 11.1 Å². The van der Waals surface area contributed by atoms with Gasteiger partial charge in [-0.3, -0.25) is 0 Å². The standard InChI is InChI=1S/C18H15F3N2O3/c19-18(20,21)11-4-5-13(12(8-11)17(25)26)22-7-6-10-9-23-14-2-1-3-15(24)16(10)14/h1-5,8-9,22-24H,6-7H2,(H,25,26). The van der Waals surface area contributed by atoms with Gasteiger partial charge in [0.25, 0.3) is 0 Å². The van der Waals surface area contributed by atoms with Gasteiger partial charge in [-0.05, 0) is 42.3 Å². The quantitative estimate of drug-likeness (QED) is 0.545. The Balaban J connectivity index is 1.78. The van der Waals surface area contributed by atoms with E-state index in [1.54, 1.807) is 18.3 Å². The number of aromatic carboxylic acids is 1. The van der Waals surface area contributed by atoms with Gasteiger partial charge in [0.2, 0.25) is 0 Å². The molecule has 0 aliphatic heterocycles. The van der Waals surface area contributed by atoms with E-state index in [1.165, 1.54) is 0 Å².